The molecule has 2 rings (SSSR count). The molecule has 2 aromatic carbocycles. The van der Waals surface area contributed by atoms with Gasteiger partial charge in [0.05, 0.1) is 7.11 Å². The zero-order valence-electron chi connectivity index (χ0n) is 11.7. The molecule has 2 aromatic rings. The zero-order chi connectivity index (χ0) is 14.4. The van der Waals surface area contributed by atoms with E-state index in [2.05, 4.69) is 5.32 Å². The minimum Gasteiger partial charge on any atom is -0.493 e. The summed E-state index contributed by atoms with van der Waals surface area (Å²) in [4.78, 5) is 0. The van der Waals surface area contributed by atoms with Crippen molar-refractivity contribution in [3.05, 3.63) is 59.4 Å². The van der Waals surface area contributed by atoms with Gasteiger partial charge in [-0.1, -0.05) is 18.2 Å². The Morgan fingerprint density at radius 2 is 1.90 bits per heavy atom. The molecule has 0 spiro atoms. The van der Waals surface area contributed by atoms with Gasteiger partial charge < -0.3 is 14.8 Å². The fourth-order valence-corrected chi connectivity index (χ4v) is 1.94. The lowest BCUT2D eigenvalue weighted by molar-refractivity contribution is 0.283. The van der Waals surface area contributed by atoms with E-state index in [-0.39, 0.29) is 5.82 Å². The van der Waals surface area contributed by atoms with E-state index in [0.717, 1.165) is 17.7 Å². The second-order valence-electron chi connectivity index (χ2n) is 4.43. The van der Waals surface area contributed by atoms with Crippen molar-refractivity contribution in [2.75, 3.05) is 14.2 Å². The molecule has 0 saturated heterocycles. The topological polar surface area (TPSA) is 30.5 Å². The van der Waals surface area contributed by atoms with Gasteiger partial charge in [0.2, 0.25) is 0 Å². The number of rotatable bonds is 6. The van der Waals surface area contributed by atoms with Crippen LogP contribution in [0.25, 0.3) is 0 Å². The number of hydrogen-bond acceptors (Lipinski definition) is 3. The molecular formula is C16H18FNO2. The van der Waals surface area contributed by atoms with E-state index in [4.69, 9.17) is 9.47 Å². The summed E-state index contributed by atoms with van der Waals surface area (Å²) in [6.45, 7) is 1.05. The molecule has 3 nitrogen and oxygen atoms in total. The number of methoxy groups -OCH3 is 1. The molecule has 20 heavy (non-hydrogen) atoms. The van der Waals surface area contributed by atoms with E-state index in [1.165, 1.54) is 12.1 Å². The van der Waals surface area contributed by atoms with E-state index in [0.29, 0.717) is 18.1 Å². The van der Waals surface area contributed by atoms with Crippen molar-refractivity contribution in [1.29, 1.82) is 0 Å². The van der Waals surface area contributed by atoms with Crippen molar-refractivity contribution in [1.82, 2.24) is 5.32 Å². The van der Waals surface area contributed by atoms with Crippen LogP contribution in [0.15, 0.2) is 42.5 Å². The van der Waals surface area contributed by atoms with Crippen LogP contribution < -0.4 is 14.8 Å². The van der Waals surface area contributed by atoms with Gasteiger partial charge >= 0.3 is 0 Å². The summed E-state index contributed by atoms with van der Waals surface area (Å²) < 4.78 is 24.1. The third-order valence-electron chi connectivity index (χ3n) is 2.89. The van der Waals surface area contributed by atoms with Crippen LogP contribution in [0.3, 0.4) is 0 Å². The molecule has 0 aliphatic carbocycles. The van der Waals surface area contributed by atoms with E-state index in [9.17, 15) is 4.39 Å². The van der Waals surface area contributed by atoms with Crippen LogP contribution in [-0.2, 0) is 13.2 Å². The molecule has 106 valence electrons. The Morgan fingerprint density at radius 3 is 2.60 bits per heavy atom. The molecule has 0 aromatic heterocycles. The van der Waals surface area contributed by atoms with Gasteiger partial charge in [-0.25, -0.2) is 4.39 Å². The first-order chi connectivity index (χ1) is 9.72. The summed E-state index contributed by atoms with van der Waals surface area (Å²) in [7, 11) is 3.49. The Balaban J connectivity index is 2.12. The van der Waals surface area contributed by atoms with Crippen LogP contribution in [0.4, 0.5) is 4.39 Å². The highest BCUT2D eigenvalue weighted by atomic mass is 19.1. The van der Waals surface area contributed by atoms with E-state index in [1.54, 1.807) is 13.2 Å². The van der Waals surface area contributed by atoms with Crippen molar-refractivity contribution in [3.8, 4) is 11.5 Å². The molecule has 0 heterocycles. The summed E-state index contributed by atoms with van der Waals surface area (Å²) in [5, 5.41) is 3.08. The average Bonchev–Trinajstić information content (AvgIpc) is 2.46. The quantitative estimate of drug-likeness (QED) is 0.878. The number of ether oxygens (including phenoxy) is 2. The molecule has 0 atom stereocenters. The second-order valence-corrected chi connectivity index (χ2v) is 4.43. The fraction of sp³-hybridized carbons (Fsp3) is 0.250. The van der Waals surface area contributed by atoms with E-state index in [1.807, 2.05) is 31.3 Å². The third kappa shape index (κ3) is 3.71. The summed E-state index contributed by atoms with van der Waals surface area (Å²) in [5.41, 5.74) is 1.88. The summed E-state index contributed by atoms with van der Waals surface area (Å²) in [6, 6.07) is 12.1. The van der Waals surface area contributed by atoms with Gasteiger partial charge in [0, 0.05) is 6.54 Å². The van der Waals surface area contributed by atoms with Crippen molar-refractivity contribution in [2.24, 2.45) is 0 Å². The maximum Gasteiger partial charge on any atom is 0.161 e. The Kier molecular flexibility index (Phi) is 4.96. The molecular weight excluding hydrogens is 257 g/mol. The van der Waals surface area contributed by atoms with Gasteiger partial charge in [0.15, 0.2) is 11.5 Å². The standard InChI is InChI=1S/C16H18FNO2/c1-18-10-12-6-7-15(19-2)16(9-12)20-11-13-4-3-5-14(17)8-13/h3-9,18H,10-11H2,1-2H3. The first-order valence-corrected chi connectivity index (χ1v) is 6.41. The molecule has 4 heteroatoms. The van der Waals surface area contributed by atoms with Crippen LogP contribution >= 0.6 is 0 Å². The van der Waals surface area contributed by atoms with Crippen LogP contribution in [-0.4, -0.2) is 14.2 Å². The molecule has 0 saturated carbocycles. The Bertz CT molecular complexity index is 572. The molecule has 0 bridgehead atoms. The third-order valence-corrected chi connectivity index (χ3v) is 2.89. The van der Waals surface area contributed by atoms with Crippen LogP contribution in [0.2, 0.25) is 0 Å². The fourth-order valence-electron chi connectivity index (χ4n) is 1.94. The monoisotopic (exact) mass is 275 g/mol. The van der Waals surface area contributed by atoms with Gasteiger partial charge in [-0.05, 0) is 42.4 Å². The predicted molar refractivity (Wildman–Crippen MR) is 76.5 cm³/mol. The first kappa shape index (κ1) is 14.3. The lowest BCUT2D eigenvalue weighted by Crippen LogP contribution is -2.06. The molecule has 0 radical (unpaired) electrons. The van der Waals surface area contributed by atoms with Gasteiger partial charge in [-0.15, -0.1) is 0 Å². The predicted octanol–water partition coefficient (Wildman–Crippen LogP) is 3.13. The number of halogens is 1. The molecule has 0 unspecified atom stereocenters. The maximum atomic E-state index is 13.1. The normalized spacial score (nSPS) is 10.3. The molecule has 1 N–H and O–H groups in total. The van der Waals surface area contributed by atoms with E-state index >= 15 is 0 Å². The van der Waals surface area contributed by atoms with Crippen LogP contribution in [0, 0.1) is 5.82 Å². The summed E-state index contributed by atoms with van der Waals surface area (Å²) >= 11 is 0. The second kappa shape index (κ2) is 6.91. The SMILES string of the molecule is CNCc1ccc(OC)c(OCc2cccc(F)c2)c1. The van der Waals surface area contributed by atoms with Gasteiger partial charge in [-0.2, -0.15) is 0 Å². The van der Waals surface area contributed by atoms with Crippen molar-refractivity contribution in [3.63, 3.8) is 0 Å². The van der Waals surface area contributed by atoms with Crippen LogP contribution in [0.5, 0.6) is 11.5 Å². The zero-order valence-corrected chi connectivity index (χ0v) is 11.7. The van der Waals surface area contributed by atoms with Gasteiger partial charge in [0.1, 0.15) is 12.4 Å². The van der Waals surface area contributed by atoms with Crippen molar-refractivity contribution < 1.29 is 13.9 Å². The summed E-state index contributed by atoms with van der Waals surface area (Å²) in [6.07, 6.45) is 0. The first-order valence-electron chi connectivity index (χ1n) is 6.41. The average molecular weight is 275 g/mol. The number of hydrogen-bond donors (Lipinski definition) is 1. The smallest absolute Gasteiger partial charge is 0.161 e. The maximum absolute atomic E-state index is 13.1. The molecule has 0 fully saturated rings. The molecule has 0 aliphatic heterocycles. The summed E-state index contributed by atoms with van der Waals surface area (Å²) in [5.74, 6) is 1.06. The number of nitrogens with one attached hydrogen (secondary N) is 1. The number of benzene rings is 2. The Labute approximate surface area is 118 Å². The van der Waals surface area contributed by atoms with Crippen LogP contribution in [0.1, 0.15) is 11.1 Å². The van der Waals surface area contributed by atoms with E-state index < -0.39 is 0 Å². The lowest BCUT2D eigenvalue weighted by Gasteiger charge is -2.12. The minimum absolute atomic E-state index is 0.262. The Hall–Kier alpha value is -2.07. The van der Waals surface area contributed by atoms with Crippen molar-refractivity contribution in [2.45, 2.75) is 13.2 Å². The largest absolute Gasteiger partial charge is 0.493 e. The van der Waals surface area contributed by atoms with Gasteiger partial charge in [0.25, 0.3) is 0 Å². The minimum atomic E-state index is -0.262. The highest BCUT2D eigenvalue weighted by Gasteiger charge is 2.06. The Morgan fingerprint density at radius 1 is 1.05 bits per heavy atom. The molecule has 0 amide bonds. The lowest BCUT2D eigenvalue weighted by atomic mass is 10.2. The highest BCUT2D eigenvalue weighted by molar-refractivity contribution is 5.43. The highest BCUT2D eigenvalue weighted by Crippen LogP contribution is 2.28. The molecule has 0 aliphatic rings. The van der Waals surface area contributed by atoms with Gasteiger partial charge in [-0.3, -0.25) is 0 Å². The van der Waals surface area contributed by atoms with Crippen molar-refractivity contribution >= 4 is 0 Å².